The second-order valence-corrected chi connectivity index (χ2v) is 8.79. The summed E-state index contributed by atoms with van der Waals surface area (Å²) < 4.78 is 11.0. The van der Waals surface area contributed by atoms with Gasteiger partial charge in [-0.3, -0.25) is 9.59 Å². The second kappa shape index (κ2) is 8.34. The molecule has 6 nitrogen and oxygen atoms in total. The third-order valence-corrected chi connectivity index (χ3v) is 6.42. The number of hydrogen-bond donors (Lipinski definition) is 1. The molecule has 1 aliphatic heterocycles. The summed E-state index contributed by atoms with van der Waals surface area (Å²) in [6.07, 6.45) is 0.689. The minimum Gasteiger partial charge on any atom is -0.493 e. The maximum atomic E-state index is 13.4. The van der Waals surface area contributed by atoms with Gasteiger partial charge in [0.15, 0.2) is 11.5 Å². The van der Waals surface area contributed by atoms with Gasteiger partial charge in [-0.05, 0) is 60.7 Å². The topological polar surface area (TPSA) is 71.6 Å². The number of hydrogen-bond acceptors (Lipinski definition) is 4. The fraction of sp³-hybridized carbons (Fsp3) is 0.385. The second-order valence-electron chi connectivity index (χ2n) is 8.79. The summed E-state index contributed by atoms with van der Waals surface area (Å²) in [6.45, 7) is 8.33. The van der Waals surface area contributed by atoms with Crippen molar-refractivity contribution in [3.05, 3.63) is 68.5 Å². The highest BCUT2D eigenvalue weighted by molar-refractivity contribution is 5.86. The lowest BCUT2D eigenvalue weighted by Crippen LogP contribution is -2.44. The molecule has 4 rings (SSSR count). The molecule has 32 heavy (non-hydrogen) atoms. The van der Waals surface area contributed by atoms with Gasteiger partial charge < -0.3 is 19.4 Å². The van der Waals surface area contributed by atoms with Gasteiger partial charge in [0.2, 0.25) is 5.91 Å². The summed E-state index contributed by atoms with van der Waals surface area (Å²) in [4.78, 5) is 31.5. The number of benzene rings is 2. The zero-order valence-electron chi connectivity index (χ0n) is 19.5. The van der Waals surface area contributed by atoms with Crippen LogP contribution in [0.15, 0.2) is 35.1 Å². The highest BCUT2D eigenvalue weighted by Crippen LogP contribution is 2.41. The van der Waals surface area contributed by atoms with Crippen LogP contribution in [0.3, 0.4) is 0 Å². The molecule has 0 radical (unpaired) electrons. The normalized spacial score (nSPS) is 15.7. The van der Waals surface area contributed by atoms with Crippen LogP contribution in [0.25, 0.3) is 10.9 Å². The maximum absolute atomic E-state index is 13.4. The Morgan fingerprint density at radius 1 is 1.03 bits per heavy atom. The van der Waals surface area contributed by atoms with Crippen LogP contribution >= 0.6 is 0 Å². The molecule has 0 bridgehead atoms. The van der Waals surface area contributed by atoms with Crippen molar-refractivity contribution in [3.8, 4) is 11.5 Å². The molecule has 0 unspecified atom stereocenters. The van der Waals surface area contributed by atoms with E-state index in [1.807, 2.05) is 56.9 Å². The number of aromatic nitrogens is 1. The molecule has 1 N–H and O–H groups in total. The third-order valence-electron chi connectivity index (χ3n) is 6.42. The van der Waals surface area contributed by atoms with Gasteiger partial charge in [0.25, 0.3) is 5.56 Å². The Morgan fingerprint density at radius 3 is 2.34 bits per heavy atom. The first-order chi connectivity index (χ1) is 15.3. The lowest BCUT2D eigenvalue weighted by atomic mass is 9.86. The summed E-state index contributed by atoms with van der Waals surface area (Å²) >= 11 is 0. The SMILES string of the molecule is COc1cc2c(cc1OC)[C@H](c1cc3c(C)ccc(C)c3[nH]c1=O)N(C(=O)C(C)C)CC2. The molecule has 0 saturated heterocycles. The van der Waals surface area contributed by atoms with Gasteiger partial charge in [-0.15, -0.1) is 0 Å². The number of carbonyl (C=O) groups is 1. The predicted octanol–water partition coefficient (Wildman–Crippen LogP) is 4.29. The number of nitrogens with one attached hydrogen (secondary N) is 1. The Hall–Kier alpha value is -3.28. The first-order valence-electron chi connectivity index (χ1n) is 10.9. The zero-order valence-corrected chi connectivity index (χ0v) is 19.5. The number of aromatic amines is 1. The minimum absolute atomic E-state index is 0.0240. The Balaban J connectivity index is 2.01. The molecule has 3 aromatic rings. The van der Waals surface area contributed by atoms with Gasteiger partial charge in [-0.2, -0.15) is 0 Å². The monoisotopic (exact) mass is 434 g/mol. The Labute approximate surface area is 188 Å². The van der Waals surface area contributed by atoms with Gasteiger partial charge in [0, 0.05) is 23.4 Å². The van der Waals surface area contributed by atoms with Crippen molar-refractivity contribution in [1.82, 2.24) is 9.88 Å². The van der Waals surface area contributed by atoms with Crippen LogP contribution in [0.1, 0.15) is 47.7 Å². The summed E-state index contributed by atoms with van der Waals surface area (Å²) in [6, 6.07) is 9.39. The number of rotatable bonds is 4. The molecule has 1 atom stereocenters. The van der Waals surface area contributed by atoms with Crippen molar-refractivity contribution in [2.24, 2.45) is 5.92 Å². The summed E-state index contributed by atoms with van der Waals surface area (Å²) in [5.41, 5.74) is 5.27. The number of fused-ring (bicyclic) bond motifs is 2. The fourth-order valence-corrected chi connectivity index (χ4v) is 4.64. The molecule has 2 aromatic carbocycles. The van der Waals surface area contributed by atoms with E-state index in [0.29, 0.717) is 30.0 Å². The van der Waals surface area contributed by atoms with Crippen LogP contribution in [0.5, 0.6) is 11.5 Å². The van der Waals surface area contributed by atoms with Crippen LogP contribution in [-0.2, 0) is 11.2 Å². The molecule has 1 aliphatic rings. The van der Waals surface area contributed by atoms with Gasteiger partial charge in [0.1, 0.15) is 0 Å². The molecular weight excluding hydrogens is 404 g/mol. The highest BCUT2D eigenvalue weighted by atomic mass is 16.5. The summed E-state index contributed by atoms with van der Waals surface area (Å²) in [7, 11) is 3.20. The maximum Gasteiger partial charge on any atom is 0.254 e. The van der Waals surface area contributed by atoms with Crippen molar-refractivity contribution < 1.29 is 14.3 Å². The van der Waals surface area contributed by atoms with E-state index in [4.69, 9.17) is 9.47 Å². The standard InChI is InChI=1S/C26H30N2O4/c1-14(2)26(30)28-10-9-17-11-21(31-5)22(32-6)13-19(17)24(28)20-12-18-15(3)7-8-16(4)23(18)27-25(20)29/h7-8,11-14,24H,9-10H2,1-6H3,(H,27,29)/t24-/m1/s1. The number of amides is 1. The van der Waals surface area contributed by atoms with Crippen LogP contribution in [-0.4, -0.2) is 36.6 Å². The van der Waals surface area contributed by atoms with Gasteiger partial charge in [-0.1, -0.05) is 26.0 Å². The van der Waals surface area contributed by atoms with E-state index in [9.17, 15) is 9.59 Å². The molecule has 0 saturated carbocycles. The first-order valence-corrected chi connectivity index (χ1v) is 10.9. The quantitative estimate of drug-likeness (QED) is 0.665. The molecular formula is C26H30N2O4. The molecule has 1 amide bonds. The van der Waals surface area contributed by atoms with E-state index in [0.717, 1.165) is 33.2 Å². The van der Waals surface area contributed by atoms with Gasteiger partial charge in [0.05, 0.1) is 25.8 Å². The average Bonchev–Trinajstić information content (AvgIpc) is 2.79. The molecule has 168 valence electrons. The van der Waals surface area contributed by atoms with Gasteiger partial charge in [-0.25, -0.2) is 0 Å². The van der Waals surface area contributed by atoms with E-state index >= 15 is 0 Å². The van der Waals surface area contributed by atoms with Crippen molar-refractivity contribution in [2.45, 2.75) is 40.2 Å². The number of methoxy groups -OCH3 is 2. The van der Waals surface area contributed by atoms with Gasteiger partial charge >= 0.3 is 0 Å². The largest absolute Gasteiger partial charge is 0.493 e. The van der Waals surface area contributed by atoms with Crippen molar-refractivity contribution in [2.75, 3.05) is 20.8 Å². The zero-order chi connectivity index (χ0) is 23.2. The van der Waals surface area contributed by atoms with Crippen LogP contribution in [0.2, 0.25) is 0 Å². The summed E-state index contributed by atoms with van der Waals surface area (Å²) in [5, 5.41) is 0.990. The molecule has 6 heteroatoms. The van der Waals surface area contributed by atoms with E-state index < -0.39 is 6.04 Å². The molecule has 2 heterocycles. The lowest BCUT2D eigenvalue weighted by Gasteiger charge is -2.38. The molecule has 0 aliphatic carbocycles. The third kappa shape index (κ3) is 3.53. The molecule has 0 spiro atoms. The summed E-state index contributed by atoms with van der Waals surface area (Å²) in [5.74, 6) is 1.07. The number of H-pyrrole nitrogens is 1. The fourth-order valence-electron chi connectivity index (χ4n) is 4.64. The number of pyridine rings is 1. The van der Waals surface area contributed by atoms with Crippen LogP contribution in [0.4, 0.5) is 0 Å². The van der Waals surface area contributed by atoms with Crippen molar-refractivity contribution >= 4 is 16.8 Å². The number of nitrogens with zero attached hydrogens (tertiary/aromatic N) is 1. The van der Waals surface area contributed by atoms with Crippen LogP contribution < -0.4 is 15.0 Å². The van der Waals surface area contributed by atoms with Crippen molar-refractivity contribution in [3.63, 3.8) is 0 Å². The van der Waals surface area contributed by atoms with Crippen LogP contribution in [0, 0.1) is 19.8 Å². The smallest absolute Gasteiger partial charge is 0.254 e. The Bertz CT molecular complexity index is 1260. The molecule has 0 fully saturated rings. The first kappa shape index (κ1) is 21.9. The molecule has 1 aromatic heterocycles. The van der Waals surface area contributed by atoms with E-state index in [-0.39, 0.29) is 17.4 Å². The Kier molecular flexibility index (Phi) is 5.71. The Morgan fingerprint density at radius 2 is 1.69 bits per heavy atom. The number of ether oxygens (including phenoxy) is 2. The van der Waals surface area contributed by atoms with E-state index in [2.05, 4.69) is 11.1 Å². The van der Waals surface area contributed by atoms with Crippen molar-refractivity contribution in [1.29, 1.82) is 0 Å². The number of aryl methyl sites for hydroxylation is 2. The average molecular weight is 435 g/mol. The van der Waals surface area contributed by atoms with E-state index in [1.54, 1.807) is 14.2 Å². The predicted molar refractivity (Wildman–Crippen MR) is 126 cm³/mol. The highest BCUT2D eigenvalue weighted by Gasteiger charge is 2.35. The lowest BCUT2D eigenvalue weighted by molar-refractivity contribution is -0.136. The number of carbonyl (C=O) groups excluding carboxylic acids is 1. The minimum atomic E-state index is -0.499. The van der Waals surface area contributed by atoms with E-state index in [1.165, 1.54) is 0 Å².